The fourth-order valence-corrected chi connectivity index (χ4v) is 4.54. The molecular weight excluding hydrogens is 447 g/mol. The molecule has 0 radical (unpaired) electrons. The number of halogens is 3. The van der Waals surface area contributed by atoms with Crippen LogP contribution < -0.4 is 0 Å². The van der Waals surface area contributed by atoms with Gasteiger partial charge in [-0.1, -0.05) is 36.4 Å². The molecule has 0 spiro atoms. The van der Waals surface area contributed by atoms with E-state index in [9.17, 15) is 23.1 Å². The summed E-state index contributed by atoms with van der Waals surface area (Å²) < 4.78 is 44.3. The number of ether oxygens (including phenoxy) is 1. The Morgan fingerprint density at radius 3 is 2.56 bits per heavy atom. The average molecular weight is 480 g/mol. The van der Waals surface area contributed by atoms with Crippen molar-refractivity contribution in [1.29, 1.82) is 0 Å². The van der Waals surface area contributed by atoms with Crippen molar-refractivity contribution in [2.24, 2.45) is 0 Å². The second-order valence-corrected chi connectivity index (χ2v) is 8.91. The molecule has 0 saturated carbocycles. The third-order valence-corrected chi connectivity index (χ3v) is 6.34. The molecule has 8 heteroatoms. The van der Waals surface area contributed by atoms with Gasteiger partial charge in [0.1, 0.15) is 0 Å². The largest absolute Gasteiger partial charge is 0.481 e. The van der Waals surface area contributed by atoms with Crippen LogP contribution in [0.2, 0.25) is 0 Å². The molecule has 2 N–H and O–H groups in total. The predicted molar refractivity (Wildman–Crippen MR) is 123 cm³/mol. The van der Waals surface area contributed by atoms with Crippen molar-refractivity contribution in [2.75, 3.05) is 19.7 Å². The highest BCUT2D eigenvalue weighted by atomic mass is 19.4. The third-order valence-electron chi connectivity index (χ3n) is 6.34. The number of aliphatic hydroxyl groups is 1. The average Bonchev–Trinajstić information content (AvgIpc) is 3.22. The quantitative estimate of drug-likeness (QED) is 0.481. The highest BCUT2D eigenvalue weighted by Crippen LogP contribution is 2.30. The number of rotatable bonds is 11. The molecule has 34 heavy (non-hydrogen) atoms. The normalized spacial score (nSPS) is 18.7. The first-order valence-electron chi connectivity index (χ1n) is 11.6. The van der Waals surface area contributed by atoms with Crippen LogP contribution in [-0.4, -0.2) is 52.9 Å². The molecule has 5 nitrogen and oxygen atoms in total. The van der Waals surface area contributed by atoms with E-state index in [4.69, 9.17) is 9.84 Å². The predicted octanol–water partition coefficient (Wildman–Crippen LogP) is 4.87. The zero-order chi connectivity index (χ0) is 24.7. The molecule has 1 saturated heterocycles. The maximum Gasteiger partial charge on any atom is 0.416 e. The maximum atomic E-state index is 12.8. The molecule has 2 aromatic carbocycles. The van der Waals surface area contributed by atoms with E-state index in [-0.39, 0.29) is 25.2 Å². The number of carboxylic acids is 1. The van der Waals surface area contributed by atoms with Gasteiger partial charge in [-0.15, -0.1) is 0 Å². The Morgan fingerprint density at radius 1 is 1.18 bits per heavy atom. The summed E-state index contributed by atoms with van der Waals surface area (Å²) >= 11 is 0. The molecule has 3 rings (SSSR count). The second-order valence-electron chi connectivity index (χ2n) is 8.91. The van der Waals surface area contributed by atoms with E-state index in [0.29, 0.717) is 19.4 Å². The second kappa shape index (κ2) is 11.8. The summed E-state index contributed by atoms with van der Waals surface area (Å²) in [5, 5.41) is 19.6. The summed E-state index contributed by atoms with van der Waals surface area (Å²) in [4.78, 5) is 13.1. The molecule has 0 unspecified atom stereocenters. The number of carbonyl (C=O) groups is 1. The van der Waals surface area contributed by atoms with Gasteiger partial charge in [0.2, 0.25) is 0 Å². The van der Waals surface area contributed by atoms with Gasteiger partial charge < -0.3 is 14.9 Å². The van der Waals surface area contributed by atoms with Crippen molar-refractivity contribution in [3.8, 4) is 0 Å². The lowest BCUT2D eigenvalue weighted by Crippen LogP contribution is -2.39. The van der Waals surface area contributed by atoms with E-state index in [0.717, 1.165) is 48.2 Å². The molecule has 1 heterocycles. The SMILES string of the molecule is C[C@@H](OC[C@H](O)CN1CCC[C@H]1Cc1ccc(C(F)(F)F)cc1)c1ccccc1CCC(=O)O. The van der Waals surface area contributed by atoms with Gasteiger partial charge in [0, 0.05) is 19.0 Å². The molecule has 1 fully saturated rings. The van der Waals surface area contributed by atoms with Gasteiger partial charge >= 0.3 is 12.1 Å². The Balaban J connectivity index is 1.50. The molecule has 0 aromatic heterocycles. The number of hydrogen-bond donors (Lipinski definition) is 2. The van der Waals surface area contributed by atoms with E-state index in [1.165, 1.54) is 12.1 Å². The Bertz CT molecular complexity index is 932. The first-order valence-corrected chi connectivity index (χ1v) is 11.6. The van der Waals surface area contributed by atoms with Crippen molar-refractivity contribution in [1.82, 2.24) is 4.90 Å². The maximum absolute atomic E-state index is 12.8. The molecule has 0 bridgehead atoms. The van der Waals surface area contributed by atoms with Gasteiger partial charge in [-0.05, 0) is 68.0 Å². The monoisotopic (exact) mass is 479 g/mol. The van der Waals surface area contributed by atoms with E-state index in [1.54, 1.807) is 0 Å². The van der Waals surface area contributed by atoms with Crippen LogP contribution in [0.5, 0.6) is 0 Å². The van der Waals surface area contributed by atoms with Gasteiger partial charge in [0.25, 0.3) is 0 Å². The van der Waals surface area contributed by atoms with Crippen LogP contribution >= 0.6 is 0 Å². The van der Waals surface area contributed by atoms with Gasteiger partial charge in [-0.2, -0.15) is 13.2 Å². The standard InChI is InChI=1S/C26H32F3NO4/c1-18(24-7-3-2-5-20(24)10-13-25(32)33)34-17-23(31)16-30-14-4-6-22(30)15-19-8-11-21(12-9-19)26(27,28)29/h2-3,5,7-9,11-12,18,22-23,31H,4,6,10,13-17H2,1H3,(H,32,33)/t18-,22+,23-/m1/s1. The van der Waals surface area contributed by atoms with Crippen molar-refractivity contribution in [2.45, 2.75) is 63.5 Å². The van der Waals surface area contributed by atoms with Crippen molar-refractivity contribution in [3.05, 3.63) is 70.8 Å². The molecule has 186 valence electrons. The zero-order valence-electron chi connectivity index (χ0n) is 19.3. The number of aliphatic hydroxyl groups excluding tert-OH is 1. The third kappa shape index (κ3) is 7.55. The number of hydrogen-bond acceptors (Lipinski definition) is 4. The fraction of sp³-hybridized carbons (Fsp3) is 0.500. The van der Waals surface area contributed by atoms with Crippen LogP contribution in [0.15, 0.2) is 48.5 Å². The summed E-state index contributed by atoms with van der Waals surface area (Å²) in [6.45, 7) is 3.28. The Labute approximate surface area is 198 Å². The van der Waals surface area contributed by atoms with E-state index >= 15 is 0 Å². The van der Waals surface area contributed by atoms with Crippen molar-refractivity contribution in [3.63, 3.8) is 0 Å². The van der Waals surface area contributed by atoms with Gasteiger partial charge in [0.15, 0.2) is 0 Å². The Morgan fingerprint density at radius 2 is 1.88 bits per heavy atom. The van der Waals surface area contributed by atoms with Gasteiger partial charge in [0.05, 0.1) is 24.4 Å². The van der Waals surface area contributed by atoms with Crippen LogP contribution in [-0.2, 0) is 28.5 Å². The van der Waals surface area contributed by atoms with Gasteiger partial charge in [-0.25, -0.2) is 0 Å². The van der Waals surface area contributed by atoms with Crippen LogP contribution in [0.25, 0.3) is 0 Å². The summed E-state index contributed by atoms with van der Waals surface area (Å²) in [6.07, 6.45) is -2.32. The number of aryl methyl sites for hydroxylation is 1. The fourth-order valence-electron chi connectivity index (χ4n) is 4.54. The molecule has 1 aliphatic rings. The minimum atomic E-state index is -4.34. The number of carboxylic acid groups (broad SMARTS) is 1. The van der Waals surface area contributed by atoms with E-state index in [1.807, 2.05) is 31.2 Å². The van der Waals surface area contributed by atoms with Crippen molar-refractivity contribution < 1.29 is 32.9 Å². The Kier molecular flexibility index (Phi) is 9.10. The van der Waals surface area contributed by atoms with E-state index < -0.39 is 23.8 Å². The Hall–Kier alpha value is -2.42. The summed E-state index contributed by atoms with van der Waals surface area (Å²) in [6, 6.07) is 13.0. The lowest BCUT2D eigenvalue weighted by Gasteiger charge is -2.27. The van der Waals surface area contributed by atoms with Crippen molar-refractivity contribution >= 4 is 5.97 Å². The molecule has 1 aliphatic heterocycles. The highest BCUT2D eigenvalue weighted by Gasteiger charge is 2.31. The van der Waals surface area contributed by atoms with Crippen LogP contribution in [0.1, 0.15) is 54.5 Å². The topological polar surface area (TPSA) is 70.0 Å². The minimum absolute atomic E-state index is 0.0433. The summed E-state index contributed by atoms with van der Waals surface area (Å²) in [5.41, 5.74) is 2.04. The summed E-state index contributed by atoms with van der Waals surface area (Å²) in [7, 11) is 0. The lowest BCUT2D eigenvalue weighted by atomic mass is 9.99. The first-order chi connectivity index (χ1) is 16.1. The van der Waals surface area contributed by atoms with Crippen LogP contribution in [0, 0.1) is 0 Å². The molecule has 2 aromatic rings. The molecular formula is C26H32F3NO4. The number of alkyl halides is 3. The smallest absolute Gasteiger partial charge is 0.416 e. The zero-order valence-corrected chi connectivity index (χ0v) is 19.3. The molecule has 0 amide bonds. The number of nitrogens with zero attached hydrogens (tertiary/aromatic N) is 1. The molecule has 0 aliphatic carbocycles. The lowest BCUT2D eigenvalue weighted by molar-refractivity contribution is -0.138. The minimum Gasteiger partial charge on any atom is -0.481 e. The van der Waals surface area contributed by atoms with Crippen LogP contribution in [0.3, 0.4) is 0 Å². The first kappa shape index (κ1) is 26.2. The number of aliphatic carboxylic acids is 1. The highest BCUT2D eigenvalue weighted by molar-refractivity contribution is 5.67. The number of likely N-dealkylation sites (tertiary alicyclic amines) is 1. The van der Waals surface area contributed by atoms with Crippen LogP contribution in [0.4, 0.5) is 13.2 Å². The molecule has 3 atom stereocenters. The number of benzene rings is 2. The van der Waals surface area contributed by atoms with Gasteiger partial charge in [-0.3, -0.25) is 9.69 Å². The van der Waals surface area contributed by atoms with E-state index in [2.05, 4.69) is 4.90 Å². The summed E-state index contributed by atoms with van der Waals surface area (Å²) in [5.74, 6) is -0.852. The number of β-amino-alcohol motifs (C(OH)–C–C–N with tert-alkyl or cyclic N) is 1.